The predicted octanol–water partition coefficient (Wildman–Crippen LogP) is 2.58. The van der Waals surface area contributed by atoms with Crippen molar-refractivity contribution in [3.63, 3.8) is 0 Å². The van der Waals surface area contributed by atoms with E-state index >= 15 is 0 Å². The third kappa shape index (κ3) is 4.78. The number of anilines is 1. The van der Waals surface area contributed by atoms with Gasteiger partial charge in [0.25, 0.3) is 17.1 Å². The zero-order valence-electron chi connectivity index (χ0n) is 17.5. The van der Waals surface area contributed by atoms with E-state index < -0.39 is 17.2 Å². The van der Waals surface area contributed by atoms with E-state index in [4.69, 9.17) is 10.8 Å². The summed E-state index contributed by atoms with van der Waals surface area (Å²) in [7, 11) is 3.17. The molecule has 2 aromatic rings. The van der Waals surface area contributed by atoms with Gasteiger partial charge in [-0.05, 0) is 29.7 Å². The van der Waals surface area contributed by atoms with Crippen molar-refractivity contribution >= 4 is 34.4 Å². The molecule has 0 fully saturated rings. The van der Waals surface area contributed by atoms with Gasteiger partial charge in [-0.3, -0.25) is 4.79 Å². The molecule has 0 radical (unpaired) electrons. The molecule has 0 saturated carbocycles. The molecule has 2 heterocycles. The van der Waals surface area contributed by atoms with Crippen LogP contribution in [0.5, 0.6) is 5.75 Å². The van der Waals surface area contributed by atoms with Crippen molar-refractivity contribution in [3.05, 3.63) is 47.4 Å². The van der Waals surface area contributed by atoms with Gasteiger partial charge in [-0.1, -0.05) is 25.8 Å². The molecule has 0 spiro atoms. The molecule has 0 saturated heterocycles. The van der Waals surface area contributed by atoms with Crippen molar-refractivity contribution in [1.82, 2.24) is 10.2 Å². The molecular formula is C21H23N5O4S. The number of nitrogens with one attached hydrogen (secondary N) is 2. The minimum atomic E-state index is -1.87. The van der Waals surface area contributed by atoms with E-state index in [0.717, 1.165) is 5.56 Å². The van der Waals surface area contributed by atoms with E-state index in [1.807, 2.05) is 19.9 Å². The number of hydrogen-bond donors (Lipinski definition) is 3. The van der Waals surface area contributed by atoms with Crippen LogP contribution in [0.4, 0.5) is 5.69 Å². The van der Waals surface area contributed by atoms with Gasteiger partial charge in [0.1, 0.15) is 11.8 Å². The Kier molecular flexibility index (Phi) is 6.46. The highest BCUT2D eigenvalue weighted by atomic mass is 32.2. The fourth-order valence-corrected chi connectivity index (χ4v) is 3.40. The molecule has 31 heavy (non-hydrogen) atoms. The fraction of sp³-hybridized carbons (Fsp3) is 0.286. The van der Waals surface area contributed by atoms with E-state index in [0.29, 0.717) is 5.76 Å². The van der Waals surface area contributed by atoms with Crippen LogP contribution in [-0.4, -0.2) is 45.9 Å². The predicted molar refractivity (Wildman–Crippen MR) is 120 cm³/mol. The lowest BCUT2D eigenvalue weighted by atomic mass is 10.1. The Morgan fingerprint density at radius 3 is 2.61 bits per heavy atom. The number of terminal acetylenes is 1. The van der Waals surface area contributed by atoms with Gasteiger partial charge < -0.3 is 25.1 Å². The highest BCUT2D eigenvalue weighted by Gasteiger charge is 2.25. The molecule has 0 bridgehead atoms. The highest BCUT2D eigenvalue weighted by molar-refractivity contribution is 7.83. The van der Waals surface area contributed by atoms with Crippen LogP contribution < -0.4 is 10.6 Å². The second kappa shape index (κ2) is 9.06. The monoisotopic (exact) mass is 441 g/mol. The lowest BCUT2D eigenvalue weighted by molar-refractivity contribution is 0.0824. The number of hydrogen-bond acceptors (Lipinski definition) is 6. The number of amidine groups is 2. The maximum absolute atomic E-state index is 12.3. The summed E-state index contributed by atoms with van der Waals surface area (Å²) in [6.45, 7) is 4.07. The molecular weight excluding hydrogens is 418 g/mol. The number of aromatic hydroxyl groups is 1. The second-order valence-corrected chi connectivity index (χ2v) is 8.14. The Bertz CT molecular complexity index is 1130. The van der Waals surface area contributed by atoms with Gasteiger partial charge in [0.2, 0.25) is 0 Å². The molecule has 1 unspecified atom stereocenters. The summed E-state index contributed by atoms with van der Waals surface area (Å²) in [4.78, 5) is 13.6. The molecule has 0 aliphatic carbocycles. The second-order valence-electron chi connectivity index (χ2n) is 7.32. The average molecular weight is 442 g/mol. The Balaban J connectivity index is 1.83. The number of amides is 1. The van der Waals surface area contributed by atoms with Crippen LogP contribution in [0.15, 0.2) is 43.7 Å². The van der Waals surface area contributed by atoms with Gasteiger partial charge in [-0.25, -0.2) is 4.21 Å². The molecule has 1 aliphatic heterocycles. The molecule has 9 nitrogen and oxygen atoms in total. The number of carbonyl (C=O) groups is 1. The summed E-state index contributed by atoms with van der Waals surface area (Å²) >= 11 is -1.87. The van der Waals surface area contributed by atoms with E-state index in [9.17, 15) is 14.1 Å². The van der Waals surface area contributed by atoms with E-state index in [-0.39, 0.29) is 40.5 Å². The highest BCUT2D eigenvalue weighted by Crippen LogP contribution is 2.29. The van der Waals surface area contributed by atoms with Gasteiger partial charge in [-0.2, -0.15) is 0 Å². The summed E-state index contributed by atoms with van der Waals surface area (Å²) in [5.41, 5.74) is 1.31. The number of carbonyl (C=O) groups excluding carboxylic acids is 1. The van der Waals surface area contributed by atoms with Gasteiger partial charge >= 0.3 is 0 Å². The Morgan fingerprint density at radius 2 is 2.00 bits per heavy atom. The molecule has 1 amide bonds. The fourth-order valence-electron chi connectivity index (χ4n) is 2.78. The average Bonchev–Trinajstić information content (AvgIpc) is 3.34. The largest absolute Gasteiger partial charge is 0.505 e. The Hall–Kier alpha value is -3.58. The van der Waals surface area contributed by atoms with Crippen LogP contribution >= 0.6 is 0 Å². The normalized spacial score (nSPS) is 16.3. The van der Waals surface area contributed by atoms with Crippen LogP contribution in [0.3, 0.4) is 0 Å². The zero-order chi connectivity index (χ0) is 22.7. The summed E-state index contributed by atoms with van der Waals surface area (Å²) < 4.78 is 25.4. The Morgan fingerprint density at radius 1 is 1.29 bits per heavy atom. The minimum absolute atomic E-state index is 0.110. The first-order valence-corrected chi connectivity index (χ1v) is 10.5. The summed E-state index contributed by atoms with van der Waals surface area (Å²) in [6, 6.07) is 5.84. The lowest BCUT2D eigenvalue weighted by Gasteiger charge is -2.16. The molecule has 2 atom stereocenters. The van der Waals surface area contributed by atoms with E-state index in [1.54, 1.807) is 32.5 Å². The lowest BCUT2D eigenvalue weighted by Crippen LogP contribution is -2.36. The molecule has 1 aliphatic rings. The number of phenolic OH excluding ortho intramolecular Hbond substituents is 1. The van der Waals surface area contributed by atoms with Crippen molar-refractivity contribution in [2.45, 2.75) is 25.8 Å². The quantitative estimate of drug-likeness (QED) is 0.485. The van der Waals surface area contributed by atoms with Gasteiger partial charge in [-0.15, -0.1) is 15.2 Å². The number of para-hydroxylation sites is 1. The molecule has 10 heteroatoms. The first-order chi connectivity index (χ1) is 14.7. The SMILES string of the molecule is C#C[C@@H](NC1=NS(=O)N=C1Nc1cccc(C(=O)N(C)C)c1O)c1cc(C(C)C)co1. The number of rotatable bonds is 5. The molecule has 3 N–H and O–H groups in total. The van der Waals surface area contributed by atoms with Crippen molar-refractivity contribution in [2.75, 3.05) is 19.4 Å². The third-order valence-corrected chi connectivity index (χ3v) is 5.21. The molecule has 3 rings (SSSR count). The van der Waals surface area contributed by atoms with Crippen molar-refractivity contribution < 1.29 is 18.5 Å². The number of benzene rings is 1. The molecule has 162 valence electrons. The summed E-state index contributed by atoms with van der Waals surface area (Å²) in [6.07, 6.45) is 7.30. The number of nitrogens with zero attached hydrogens (tertiary/aromatic N) is 3. The van der Waals surface area contributed by atoms with Crippen LogP contribution in [0.25, 0.3) is 0 Å². The van der Waals surface area contributed by atoms with Crippen molar-refractivity contribution in [3.8, 4) is 18.1 Å². The Labute approximate surface area is 183 Å². The van der Waals surface area contributed by atoms with Gasteiger partial charge in [0.05, 0.1) is 17.5 Å². The van der Waals surface area contributed by atoms with Crippen LogP contribution in [0.2, 0.25) is 0 Å². The van der Waals surface area contributed by atoms with Crippen LogP contribution in [0, 0.1) is 12.3 Å². The van der Waals surface area contributed by atoms with Gasteiger partial charge in [0, 0.05) is 14.1 Å². The topological polar surface area (TPSA) is 120 Å². The zero-order valence-corrected chi connectivity index (χ0v) is 18.4. The summed E-state index contributed by atoms with van der Waals surface area (Å²) in [5, 5.41) is 16.4. The van der Waals surface area contributed by atoms with E-state index in [1.165, 1.54) is 11.0 Å². The first kappa shape index (κ1) is 22.1. The standard InChI is InChI=1S/C21H23N5O4S/c1-6-15(17-10-13(11-30-17)12(2)3)22-19-20(25-31(29)24-19)23-16-9-7-8-14(18(16)27)21(28)26(4)5/h1,7-12,15,27H,2-5H3,(H,22,24)(H,23,25)/t15-,31?/m1/s1. The maximum Gasteiger partial charge on any atom is 0.269 e. The number of furan rings is 1. The van der Waals surface area contributed by atoms with Crippen LogP contribution in [-0.2, 0) is 11.2 Å². The van der Waals surface area contributed by atoms with Crippen LogP contribution in [0.1, 0.15) is 47.5 Å². The third-order valence-electron chi connectivity index (χ3n) is 4.53. The number of phenols is 1. The molecule has 1 aromatic carbocycles. The first-order valence-electron chi connectivity index (χ1n) is 9.42. The maximum atomic E-state index is 12.3. The smallest absolute Gasteiger partial charge is 0.269 e. The van der Waals surface area contributed by atoms with Crippen molar-refractivity contribution in [2.24, 2.45) is 8.80 Å². The minimum Gasteiger partial charge on any atom is -0.505 e. The summed E-state index contributed by atoms with van der Waals surface area (Å²) in [5.74, 6) is 2.98. The van der Waals surface area contributed by atoms with E-state index in [2.05, 4.69) is 25.3 Å². The van der Waals surface area contributed by atoms with Crippen molar-refractivity contribution in [1.29, 1.82) is 0 Å². The van der Waals surface area contributed by atoms with Gasteiger partial charge in [0.15, 0.2) is 17.4 Å². The molecule has 1 aromatic heterocycles.